The molecule has 0 radical (unpaired) electrons. The number of ketones is 1. The standard InChI is InChI=1S/C41H55N5O6/c1-44(40(49)31-51-3)26-12-17-38(47)33-19-21-34(22-20-33)42-25-11-5-8-18-39(48)45(2)29-30-46-27-23-35(24-28-46)52-41(50)43-37-16-10-9-15-36(37)32-13-6-4-7-14-32/h4,6-7,9-10,13-16,19-22,35,42H,5,8,11-12,17-18,23-31H2,1-3H3,(H,43,50). The molecule has 280 valence electrons. The maximum absolute atomic E-state index is 12.7. The van der Waals surface area contributed by atoms with Gasteiger partial charge in [-0.1, -0.05) is 55.0 Å². The highest BCUT2D eigenvalue weighted by Gasteiger charge is 2.23. The number of hydrogen-bond donors (Lipinski definition) is 2. The van der Waals surface area contributed by atoms with Crippen LogP contribution in [0.15, 0.2) is 78.9 Å². The predicted molar refractivity (Wildman–Crippen MR) is 206 cm³/mol. The molecule has 11 heteroatoms. The Morgan fingerprint density at radius 1 is 0.769 bits per heavy atom. The van der Waals surface area contributed by atoms with Crippen molar-refractivity contribution in [2.45, 2.75) is 57.5 Å². The third kappa shape index (κ3) is 13.4. The van der Waals surface area contributed by atoms with E-state index in [-0.39, 0.29) is 30.3 Å². The molecule has 3 amide bonds. The van der Waals surface area contributed by atoms with Crippen LogP contribution in [0.4, 0.5) is 16.2 Å². The van der Waals surface area contributed by atoms with Crippen molar-refractivity contribution >= 4 is 35.1 Å². The van der Waals surface area contributed by atoms with Gasteiger partial charge in [0.25, 0.3) is 0 Å². The molecule has 1 aliphatic heterocycles. The van der Waals surface area contributed by atoms with E-state index in [1.165, 1.54) is 7.11 Å². The Bertz CT molecular complexity index is 1560. The van der Waals surface area contributed by atoms with Gasteiger partial charge in [-0.15, -0.1) is 0 Å². The Morgan fingerprint density at radius 2 is 1.46 bits per heavy atom. The summed E-state index contributed by atoms with van der Waals surface area (Å²) in [6, 6.07) is 25.2. The van der Waals surface area contributed by atoms with Gasteiger partial charge in [0.1, 0.15) is 12.7 Å². The monoisotopic (exact) mass is 713 g/mol. The summed E-state index contributed by atoms with van der Waals surface area (Å²) in [5.41, 5.74) is 4.33. The molecule has 0 saturated carbocycles. The molecule has 1 fully saturated rings. The molecule has 2 N–H and O–H groups in total. The van der Waals surface area contributed by atoms with E-state index in [4.69, 9.17) is 9.47 Å². The first-order valence-electron chi connectivity index (χ1n) is 18.4. The third-order valence-electron chi connectivity index (χ3n) is 9.43. The molecule has 0 atom stereocenters. The van der Waals surface area contributed by atoms with E-state index >= 15 is 0 Å². The number of unbranched alkanes of at least 4 members (excludes halogenated alkanes) is 2. The van der Waals surface area contributed by atoms with Crippen LogP contribution in [0.2, 0.25) is 0 Å². The highest BCUT2D eigenvalue weighted by molar-refractivity contribution is 5.96. The van der Waals surface area contributed by atoms with Crippen molar-refractivity contribution < 1.29 is 28.7 Å². The zero-order valence-corrected chi connectivity index (χ0v) is 31.0. The molecule has 4 rings (SSSR count). The molecule has 3 aromatic rings. The van der Waals surface area contributed by atoms with E-state index in [9.17, 15) is 19.2 Å². The number of ether oxygens (including phenoxy) is 2. The van der Waals surface area contributed by atoms with Crippen molar-refractivity contribution in [2.75, 3.05) is 77.7 Å². The fourth-order valence-electron chi connectivity index (χ4n) is 6.17. The molecule has 0 aliphatic carbocycles. The minimum atomic E-state index is -0.434. The van der Waals surface area contributed by atoms with Crippen LogP contribution in [0.5, 0.6) is 0 Å². The SMILES string of the molecule is COCC(=O)N(C)CCCC(=O)c1ccc(NCCCCCC(=O)N(C)CCN2CCC(OC(=O)Nc3ccccc3-c3ccccc3)CC2)cc1. The quantitative estimate of drug-likeness (QED) is 0.0998. The van der Waals surface area contributed by atoms with E-state index in [2.05, 4.69) is 15.5 Å². The smallest absolute Gasteiger partial charge is 0.411 e. The van der Waals surface area contributed by atoms with E-state index in [0.29, 0.717) is 37.9 Å². The van der Waals surface area contributed by atoms with Crippen LogP contribution < -0.4 is 10.6 Å². The highest BCUT2D eigenvalue weighted by Crippen LogP contribution is 2.28. The summed E-state index contributed by atoms with van der Waals surface area (Å²) in [5, 5.41) is 6.32. The Hall–Kier alpha value is -4.74. The third-order valence-corrected chi connectivity index (χ3v) is 9.43. The molecule has 3 aromatic carbocycles. The van der Waals surface area contributed by atoms with Gasteiger partial charge in [-0.3, -0.25) is 19.7 Å². The summed E-state index contributed by atoms with van der Waals surface area (Å²) in [4.78, 5) is 55.5. The van der Waals surface area contributed by atoms with Crippen molar-refractivity contribution in [1.82, 2.24) is 14.7 Å². The number of piperidine rings is 1. The molecule has 1 saturated heterocycles. The second kappa shape index (κ2) is 21.6. The summed E-state index contributed by atoms with van der Waals surface area (Å²) < 4.78 is 10.6. The number of hydrogen-bond acceptors (Lipinski definition) is 8. The Morgan fingerprint density at radius 3 is 2.19 bits per heavy atom. The number of likely N-dealkylation sites (tertiary alicyclic amines) is 1. The van der Waals surface area contributed by atoms with Crippen LogP contribution in [-0.4, -0.2) is 112 Å². The van der Waals surface area contributed by atoms with Crippen molar-refractivity contribution in [3.8, 4) is 11.1 Å². The number of anilines is 2. The van der Waals surface area contributed by atoms with Gasteiger partial charge in [0.2, 0.25) is 11.8 Å². The van der Waals surface area contributed by atoms with Gasteiger partial charge in [-0.25, -0.2) is 4.79 Å². The number of amides is 3. The van der Waals surface area contributed by atoms with Gasteiger partial charge in [-0.05, 0) is 68.0 Å². The minimum absolute atomic E-state index is 0.0467. The molecular formula is C41H55N5O6. The average Bonchev–Trinajstić information content (AvgIpc) is 3.16. The number of para-hydroxylation sites is 1. The molecule has 0 aromatic heterocycles. The first-order valence-corrected chi connectivity index (χ1v) is 18.4. The first-order chi connectivity index (χ1) is 25.2. The normalized spacial score (nSPS) is 13.3. The maximum Gasteiger partial charge on any atom is 0.411 e. The number of rotatable bonds is 20. The summed E-state index contributed by atoms with van der Waals surface area (Å²) in [6.45, 7) is 4.47. The fourth-order valence-corrected chi connectivity index (χ4v) is 6.17. The minimum Gasteiger partial charge on any atom is -0.446 e. The summed E-state index contributed by atoms with van der Waals surface area (Å²) in [6.07, 6.45) is 5.21. The molecular weight excluding hydrogens is 658 g/mol. The molecule has 0 unspecified atom stereocenters. The lowest BCUT2D eigenvalue weighted by Gasteiger charge is -2.32. The number of nitrogens with zero attached hydrogens (tertiary/aromatic N) is 3. The van der Waals surface area contributed by atoms with Crippen molar-refractivity contribution in [3.05, 3.63) is 84.4 Å². The van der Waals surface area contributed by atoms with Gasteiger partial charge < -0.3 is 29.5 Å². The van der Waals surface area contributed by atoms with Gasteiger partial charge in [0.05, 0.1) is 5.69 Å². The maximum atomic E-state index is 12.7. The number of likely N-dealkylation sites (N-methyl/N-ethyl adjacent to an activating group) is 2. The lowest BCUT2D eigenvalue weighted by atomic mass is 10.0. The van der Waals surface area contributed by atoms with E-state index in [0.717, 1.165) is 80.8 Å². The second-order valence-corrected chi connectivity index (χ2v) is 13.4. The Kier molecular flexibility index (Phi) is 16.6. The topological polar surface area (TPSA) is 121 Å². The zero-order valence-electron chi connectivity index (χ0n) is 31.0. The number of Topliss-reactive ketones (excluding diaryl/α,β-unsaturated/α-hetero) is 1. The molecule has 1 aliphatic rings. The summed E-state index contributed by atoms with van der Waals surface area (Å²) in [7, 11) is 5.07. The van der Waals surface area contributed by atoms with Gasteiger partial charge >= 0.3 is 6.09 Å². The zero-order chi connectivity index (χ0) is 37.1. The molecule has 0 spiro atoms. The lowest BCUT2D eigenvalue weighted by molar-refractivity contribution is -0.134. The Labute approximate surface area is 308 Å². The molecule has 0 bridgehead atoms. The summed E-state index contributed by atoms with van der Waals surface area (Å²) >= 11 is 0. The fraction of sp³-hybridized carbons (Fsp3) is 0.463. The van der Waals surface area contributed by atoms with Crippen LogP contribution in [0, 0.1) is 0 Å². The number of methoxy groups -OCH3 is 1. The van der Waals surface area contributed by atoms with Crippen LogP contribution in [0.1, 0.15) is 61.7 Å². The first kappa shape index (κ1) is 40.0. The number of carbonyl (C=O) groups excluding carboxylic acids is 4. The lowest BCUT2D eigenvalue weighted by Crippen LogP contribution is -2.42. The number of carbonyl (C=O) groups is 4. The number of benzene rings is 3. The molecule has 52 heavy (non-hydrogen) atoms. The van der Waals surface area contributed by atoms with Crippen LogP contribution in [0.3, 0.4) is 0 Å². The van der Waals surface area contributed by atoms with Crippen LogP contribution >= 0.6 is 0 Å². The second-order valence-electron chi connectivity index (χ2n) is 13.4. The van der Waals surface area contributed by atoms with E-state index in [1.807, 2.05) is 90.8 Å². The highest BCUT2D eigenvalue weighted by atomic mass is 16.6. The van der Waals surface area contributed by atoms with Gasteiger partial charge in [0.15, 0.2) is 5.78 Å². The average molecular weight is 714 g/mol. The molecule has 11 nitrogen and oxygen atoms in total. The van der Waals surface area contributed by atoms with Gasteiger partial charge in [-0.2, -0.15) is 0 Å². The predicted octanol–water partition coefficient (Wildman–Crippen LogP) is 6.57. The van der Waals surface area contributed by atoms with Crippen molar-refractivity contribution in [1.29, 1.82) is 0 Å². The van der Waals surface area contributed by atoms with Crippen LogP contribution in [0.25, 0.3) is 11.1 Å². The van der Waals surface area contributed by atoms with Crippen molar-refractivity contribution in [2.24, 2.45) is 0 Å². The molecule has 1 heterocycles. The summed E-state index contributed by atoms with van der Waals surface area (Å²) in [5.74, 6) is 0.126. The van der Waals surface area contributed by atoms with Crippen LogP contribution in [-0.2, 0) is 19.1 Å². The van der Waals surface area contributed by atoms with E-state index < -0.39 is 6.09 Å². The van der Waals surface area contributed by atoms with E-state index in [1.54, 1.807) is 11.9 Å². The van der Waals surface area contributed by atoms with Crippen molar-refractivity contribution in [3.63, 3.8) is 0 Å². The Balaban J connectivity index is 1.03. The van der Waals surface area contributed by atoms with Gasteiger partial charge in [0, 0.05) is 90.1 Å². The largest absolute Gasteiger partial charge is 0.446 e. The number of nitrogens with one attached hydrogen (secondary N) is 2.